The number of rotatable bonds is 7. The van der Waals surface area contributed by atoms with Gasteiger partial charge in [0.05, 0.1) is 19.4 Å². The van der Waals surface area contributed by atoms with E-state index in [1.165, 1.54) is 0 Å². The predicted molar refractivity (Wildman–Crippen MR) is 117 cm³/mol. The van der Waals surface area contributed by atoms with Crippen LogP contribution in [0.1, 0.15) is 13.8 Å². The highest BCUT2D eigenvalue weighted by atomic mass is 16.5. The first-order valence-corrected chi connectivity index (χ1v) is 9.79. The van der Waals surface area contributed by atoms with Gasteiger partial charge in [-0.2, -0.15) is 0 Å². The zero-order valence-electron chi connectivity index (χ0n) is 17.1. The summed E-state index contributed by atoms with van der Waals surface area (Å²) in [5.74, 6) is 1.35. The Morgan fingerprint density at radius 2 is 1.70 bits per heavy atom. The van der Waals surface area contributed by atoms with Crippen LogP contribution in [0, 0.1) is 0 Å². The third kappa shape index (κ3) is 3.76. The van der Waals surface area contributed by atoms with Gasteiger partial charge in [0.15, 0.2) is 17.6 Å². The molecule has 0 aliphatic heterocycles. The predicted octanol–water partition coefficient (Wildman–Crippen LogP) is 5.40. The maximum absolute atomic E-state index is 12.8. The van der Waals surface area contributed by atoms with Gasteiger partial charge in [0, 0.05) is 16.8 Å². The molecule has 30 heavy (non-hydrogen) atoms. The quantitative estimate of drug-likeness (QED) is 0.446. The van der Waals surface area contributed by atoms with Gasteiger partial charge < -0.3 is 23.9 Å². The maximum Gasteiger partial charge on any atom is 0.265 e. The number of amides is 1. The second kappa shape index (κ2) is 8.37. The van der Waals surface area contributed by atoms with Gasteiger partial charge in [-0.3, -0.25) is 4.79 Å². The molecule has 0 aliphatic rings. The highest BCUT2D eigenvalue weighted by Crippen LogP contribution is 2.36. The molecule has 0 spiro atoms. The molecule has 0 saturated carbocycles. The number of carbonyl (C=O) groups is 1. The Morgan fingerprint density at radius 3 is 2.47 bits per heavy atom. The van der Waals surface area contributed by atoms with E-state index in [9.17, 15) is 4.79 Å². The topological polar surface area (TPSA) is 69.9 Å². The Balaban J connectivity index is 1.58. The summed E-state index contributed by atoms with van der Waals surface area (Å²) >= 11 is 0. The molecule has 6 heteroatoms. The summed E-state index contributed by atoms with van der Waals surface area (Å²) < 4.78 is 22.8. The molecule has 1 heterocycles. The number of nitrogens with one attached hydrogen (secondary N) is 1. The molecule has 3 aromatic carbocycles. The van der Waals surface area contributed by atoms with Crippen LogP contribution >= 0.6 is 0 Å². The number of fused-ring (bicyclic) bond motifs is 3. The van der Waals surface area contributed by atoms with Crippen LogP contribution in [0.5, 0.6) is 17.2 Å². The van der Waals surface area contributed by atoms with Gasteiger partial charge in [-0.25, -0.2) is 0 Å². The smallest absolute Gasteiger partial charge is 0.265 e. The number of carbonyl (C=O) groups excluding carboxylic acids is 1. The van der Waals surface area contributed by atoms with Crippen molar-refractivity contribution in [3.63, 3.8) is 0 Å². The van der Waals surface area contributed by atoms with E-state index in [1.54, 1.807) is 26.2 Å². The molecule has 0 bridgehead atoms. The van der Waals surface area contributed by atoms with Gasteiger partial charge >= 0.3 is 0 Å². The Labute approximate surface area is 174 Å². The van der Waals surface area contributed by atoms with E-state index in [2.05, 4.69) is 5.32 Å². The molecule has 154 valence electrons. The van der Waals surface area contributed by atoms with Gasteiger partial charge in [-0.15, -0.1) is 0 Å². The zero-order chi connectivity index (χ0) is 21.1. The summed E-state index contributed by atoms with van der Waals surface area (Å²) in [5.41, 5.74) is 1.97. The van der Waals surface area contributed by atoms with Crippen molar-refractivity contribution in [3.05, 3.63) is 60.7 Å². The third-order valence-corrected chi connectivity index (χ3v) is 4.78. The first kappa shape index (κ1) is 19.6. The van der Waals surface area contributed by atoms with E-state index in [0.717, 1.165) is 16.4 Å². The van der Waals surface area contributed by atoms with Crippen LogP contribution in [0.2, 0.25) is 0 Å². The van der Waals surface area contributed by atoms with Crippen molar-refractivity contribution in [2.45, 2.75) is 20.0 Å². The lowest BCUT2D eigenvalue weighted by atomic mass is 10.1. The van der Waals surface area contributed by atoms with Crippen molar-refractivity contribution in [2.24, 2.45) is 0 Å². The molecule has 1 amide bonds. The number of hydrogen-bond donors (Lipinski definition) is 1. The van der Waals surface area contributed by atoms with Crippen LogP contribution in [0.25, 0.3) is 21.9 Å². The average Bonchev–Trinajstić information content (AvgIpc) is 3.12. The Kier molecular flexibility index (Phi) is 5.48. The maximum atomic E-state index is 12.8. The second-order valence-corrected chi connectivity index (χ2v) is 6.78. The fourth-order valence-electron chi connectivity index (χ4n) is 3.32. The third-order valence-electron chi connectivity index (χ3n) is 4.78. The van der Waals surface area contributed by atoms with Crippen molar-refractivity contribution in [1.29, 1.82) is 0 Å². The lowest BCUT2D eigenvalue weighted by Crippen LogP contribution is -2.30. The van der Waals surface area contributed by atoms with Gasteiger partial charge in [0.1, 0.15) is 16.9 Å². The van der Waals surface area contributed by atoms with Gasteiger partial charge in [0.25, 0.3) is 5.91 Å². The molecule has 0 radical (unpaired) electrons. The Hall–Kier alpha value is -3.67. The van der Waals surface area contributed by atoms with Crippen molar-refractivity contribution >= 4 is 33.5 Å². The number of anilines is 1. The molecule has 0 fully saturated rings. The van der Waals surface area contributed by atoms with Gasteiger partial charge in [-0.1, -0.05) is 30.3 Å². The molecule has 0 aliphatic carbocycles. The summed E-state index contributed by atoms with van der Waals surface area (Å²) in [7, 11) is 1.57. The largest absolute Gasteiger partial charge is 0.495 e. The molecule has 0 unspecified atom stereocenters. The first-order chi connectivity index (χ1) is 14.6. The minimum absolute atomic E-state index is 0.310. The summed E-state index contributed by atoms with van der Waals surface area (Å²) in [5, 5.41) is 4.80. The van der Waals surface area contributed by atoms with E-state index < -0.39 is 6.10 Å². The number of ether oxygens (including phenoxy) is 3. The highest BCUT2D eigenvalue weighted by molar-refractivity contribution is 6.08. The van der Waals surface area contributed by atoms with Crippen LogP contribution in [0.3, 0.4) is 0 Å². The Morgan fingerprint density at radius 1 is 0.967 bits per heavy atom. The van der Waals surface area contributed by atoms with Crippen molar-refractivity contribution in [3.8, 4) is 17.2 Å². The SMILES string of the molecule is CCOc1ccccc1O[C@H](C)C(=O)Nc1cc2oc3ccccc3c2cc1OC. The van der Waals surface area contributed by atoms with Crippen molar-refractivity contribution in [2.75, 3.05) is 19.0 Å². The van der Waals surface area contributed by atoms with Crippen molar-refractivity contribution < 1.29 is 23.4 Å². The summed E-state index contributed by atoms with van der Waals surface area (Å²) in [6.07, 6.45) is -0.748. The lowest BCUT2D eigenvalue weighted by Gasteiger charge is -2.18. The Bertz CT molecular complexity index is 1200. The van der Waals surface area contributed by atoms with Crippen LogP contribution < -0.4 is 19.5 Å². The molecular weight excluding hydrogens is 382 g/mol. The van der Waals surface area contributed by atoms with E-state index in [0.29, 0.717) is 35.1 Å². The minimum Gasteiger partial charge on any atom is -0.495 e. The molecule has 1 atom stereocenters. The fourth-order valence-corrected chi connectivity index (χ4v) is 3.32. The molecule has 6 nitrogen and oxygen atoms in total. The van der Waals surface area contributed by atoms with Crippen LogP contribution in [-0.4, -0.2) is 25.7 Å². The fraction of sp³-hybridized carbons (Fsp3) is 0.208. The molecular formula is C24H23NO5. The van der Waals surface area contributed by atoms with Crippen molar-refractivity contribution in [1.82, 2.24) is 0 Å². The first-order valence-electron chi connectivity index (χ1n) is 9.79. The summed E-state index contributed by atoms with van der Waals surface area (Å²) in [6, 6.07) is 18.7. The number of para-hydroxylation sites is 3. The molecule has 4 aromatic rings. The van der Waals surface area contributed by atoms with E-state index >= 15 is 0 Å². The summed E-state index contributed by atoms with van der Waals surface area (Å²) in [6.45, 7) is 4.09. The highest BCUT2D eigenvalue weighted by Gasteiger charge is 2.20. The average molecular weight is 405 g/mol. The number of hydrogen-bond acceptors (Lipinski definition) is 5. The van der Waals surface area contributed by atoms with E-state index in [1.807, 2.05) is 55.5 Å². The number of furan rings is 1. The monoisotopic (exact) mass is 405 g/mol. The second-order valence-electron chi connectivity index (χ2n) is 6.78. The van der Waals surface area contributed by atoms with E-state index in [4.69, 9.17) is 18.6 Å². The lowest BCUT2D eigenvalue weighted by molar-refractivity contribution is -0.122. The van der Waals surface area contributed by atoms with Crippen LogP contribution in [0.4, 0.5) is 5.69 Å². The zero-order valence-corrected chi connectivity index (χ0v) is 17.1. The standard InChI is InChI=1S/C24H23NO5/c1-4-28-20-11-7-8-12-21(20)29-15(2)24(26)25-18-14-22-17(13-23(18)27-3)16-9-5-6-10-19(16)30-22/h5-15H,4H2,1-3H3,(H,25,26)/t15-/m1/s1. The van der Waals surface area contributed by atoms with Gasteiger partial charge in [0.2, 0.25) is 0 Å². The molecule has 1 N–H and O–H groups in total. The van der Waals surface area contributed by atoms with Gasteiger partial charge in [-0.05, 0) is 38.1 Å². The summed E-state index contributed by atoms with van der Waals surface area (Å²) in [4.78, 5) is 12.8. The molecule has 4 rings (SSSR count). The minimum atomic E-state index is -0.748. The van der Waals surface area contributed by atoms with Crippen LogP contribution in [-0.2, 0) is 4.79 Å². The number of benzene rings is 3. The van der Waals surface area contributed by atoms with E-state index in [-0.39, 0.29) is 5.91 Å². The van der Waals surface area contributed by atoms with Crippen LogP contribution in [0.15, 0.2) is 65.1 Å². The molecule has 1 aromatic heterocycles. The normalized spacial score (nSPS) is 12.0. The number of methoxy groups -OCH3 is 1. The molecule has 0 saturated heterocycles.